The van der Waals surface area contributed by atoms with Gasteiger partial charge in [0.2, 0.25) is 0 Å². The van der Waals surface area contributed by atoms with E-state index in [2.05, 4.69) is 13.8 Å². The highest BCUT2D eigenvalue weighted by atomic mass is 19.1. The van der Waals surface area contributed by atoms with Gasteiger partial charge in [-0.25, -0.2) is 4.39 Å². The van der Waals surface area contributed by atoms with Crippen LogP contribution in [0.15, 0.2) is 18.2 Å². The SMILES string of the molecule is CC(C)C(N)CCN(C)Cc1cccc(C#N)c1F. The van der Waals surface area contributed by atoms with Crippen LogP contribution in [0.2, 0.25) is 0 Å². The molecule has 2 N–H and O–H groups in total. The third-order valence-electron chi connectivity index (χ3n) is 3.34. The van der Waals surface area contributed by atoms with Crippen LogP contribution in [0.3, 0.4) is 0 Å². The smallest absolute Gasteiger partial charge is 0.145 e. The van der Waals surface area contributed by atoms with Gasteiger partial charge in [-0.3, -0.25) is 0 Å². The van der Waals surface area contributed by atoms with E-state index in [1.807, 2.05) is 18.0 Å². The van der Waals surface area contributed by atoms with E-state index in [-0.39, 0.29) is 11.6 Å². The van der Waals surface area contributed by atoms with E-state index in [1.54, 1.807) is 12.1 Å². The molecular formula is C15H22FN3. The van der Waals surface area contributed by atoms with Crippen molar-refractivity contribution in [1.29, 1.82) is 5.26 Å². The van der Waals surface area contributed by atoms with Crippen LogP contribution in [0.4, 0.5) is 4.39 Å². The van der Waals surface area contributed by atoms with Crippen molar-refractivity contribution in [2.24, 2.45) is 11.7 Å². The Morgan fingerprint density at radius 2 is 2.11 bits per heavy atom. The maximum absolute atomic E-state index is 13.9. The van der Waals surface area contributed by atoms with Crippen molar-refractivity contribution in [3.8, 4) is 6.07 Å². The zero-order valence-electron chi connectivity index (χ0n) is 11.9. The molecule has 1 aromatic rings. The Bertz CT molecular complexity index is 451. The Hall–Kier alpha value is -1.44. The van der Waals surface area contributed by atoms with Crippen molar-refractivity contribution in [2.75, 3.05) is 13.6 Å². The van der Waals surface area contributed by atoms with Crippen molar-refractivity contribution in [3.63, 3.8) is 0 Å². The second kappa shape index (κ2) is 7.22. The molecule has 0 bridgehead atoms. The molecule has 0 aromatic heterocycles. The predicted octanol–water partition coefficient (Wildman–Crippen LogP) is 2.50. The lowest BCUT2D eigenvalue weighted by molar-refractivity contribution is 0.292. The number of hydrogen-bond acceptors (Lipinski definition) is 3. The lowest BCUT2D eigenvalue weighted by Gasteiger charge is -2.21. The highest BCUT2D eigenvalue weighted by Crippen LogP contribution is 2.14. The zero-order chi connectivity index (χ0) is 14.4. The number of benzene rings is 1. The average Bonchev–Trinajstić information content (AvgIpc) is 2.38. The lowest BCUT2D eigenvalue weighted by Crippen LogP contribution is -2.31. The summed E-state index contributed by atoms with van der Waals surface area (Å²) in [7, 11) is 1.94. The van der Waals surface area contributed by atoms with Gasteiger partial charge in [0.05, 0.1) is 5.56 Å². The fraction of sp³-hybridized carbons (Fsp3) is 0.533. The van der Waals surface area contributed by atoms with Crippen molar-refractivity contribution in [1.82, 2.24) is 4.90 Å². The number of nitrogens with two attached hydrogens (primary N) is 1. The highest BCUT2D eigenvalue weighted by molar-refractivity contribution is 5.34. The van der Waals surface area contributed by atoms with Crippen LogP contribution in [0.5, 0.6) is 0 Å². The summed E-state index contributed by atoms with van der Waals surface area (Å²) in [5.41, 5.74) is 6.65. The summed E-state index contributed by atoms with van der Waals surface area (Å²) in [5, 5.41) is 8.79. The molecule has 3 nitrogen and oxygen atoms in total. The van der Waals surface area contributed by atoms with Crippen molar-refractivity contribution in [3.05, 3.63) is 35.1 Å². The number of halogens is 1. The van der Waals surface area contributed by atoms with Gasteiger partial charge in [0.15, 0.2) is 0 Å². The van der Waals surface area contributed by atoms with Crippen LogP contribution in [0.1, 0.15) is 31.4 Å². The lowest BCUT2D eigenvalue weighted by atomic mass is 10.0. The largest absolute Gasteiger partial charge is 0.327 e. The molecule has 0 amide bonds. The Labute approximate surface area is 114 Å². The molecule has 4 heteroatoms. The van der Waals surface area contributed by atoms with Crippen LogP contribution >= 0.6 is 0 Å². The molecule has 0 aliphatic rings. The van der Waals surface area contributed by atoms with Crippen LogP contribution in [0, 0.1) is 23.1 Å². The second-order valence-electron chi connectivity index (χ2n) is 5.32. The molecule has 0 aliphatic heterocycles. The standard InChI is InChI=1S/C15H22FN3/c1-11(2)14(18)7-8-19(3)10-13-6-4-5-12(9-17)15(13)16/h4-6,11,14H,7-8,10,18H2,1-3H3. The summed E-state index contributed by atoms with van der Waals surface area (Å²) >= 11 is 0. The fourth-order valence-electron chi connectivity index (χ4n) is 1.86. The van der Waals surface area contributed by atoms with Gasteiger partial charge in [0.25, 0.3) is 0 Å². The van der Waals surface area contributed by atoms with Crippen LogP contribution in [0.25, 0.3) is 0 Å². The monoisotopic (exact) mass is 263 g/mol. The quantitative estimate of drug-likeness (QED) is 0.858. The van der Waals surface area contributed by atoms with E-state index in [4.69, 9.17) is 11.0 Å². The van der Waals surface area contributed by atoms with E-state index in [0.29, 0.717) is 18.0 Å². The minimum Gasteiger partial charge on any atom is -0.327 e. The summed E-state index contributed by atoms with van der Waals surface area (Å²) in [5.74, 6) is 0.0389. The predicted molar refractivity (Wildman–Crippen MR) is 74.9 cm³/mol. The van der Waals surface area contributed by atoms with E-state index < -0.39 is 5.82 Å². The first-order chi connectivity index (χ1) is 8.95. The highest BCUT2D eigenvalue weighted by Gasteiger charge is 2.12. The molecular weight excluding hydrogens is 241 g/mol. The van der Waals surface area contributed by atoms with E-state index >= 15 is 0 Å². The van der Waals surface area contributed by atoms with Crippen molar-refractivity contribution in [2.45, 2.75) is 32.9 Å². The first-order valence-corrected chi connectivity index (χ1v) is 6.57. The van der Waals surface area contributed by atoms with Crippen LogP contribution in [-0.4, -0.2) is 24.5 Å². The molecule has 0 saturated heterocycles. The summed E-state index contributed by atoms with van der Waals surface area (Å²) in [6.07, 6.45) is 0.883. The van der Waals surface area contributed by atoms with E-state index in [0.717, 1.165) is 13.0 Å². The number of rotatable bonds is 6. The van der Waals surface area contributed by atoms with Crippen molar-refractivity contribution >= 4 is 0 Å². The third kappa shape index (κ3) is 4.62. The molecule has 0 aliphatic carbocycles. The molecule has 0 saturated carbocycles. The number of nitrogens with zero attached hydrogens (tertiary/aromatic N) is 2. The minimum atomic E-state index is -0.412. The first kappa shape index (κ1) is 15.6. The zero-order valence-corrected chi connectivity index (χ0v) is 11.9. The van der Waals surface area contributed by atoms with Gasteiger partial charge < -0.3 is 10.6 Å². The molecule has 1 unspecified atom stereocenters. The molecule has 0 heterocycles. The van der Waals surface area contributed by atoms with Gasteiger partial charge in [0, 0.05) is 18.2 Å². The summed E-state index contributed by atoms with van der Waals surface area (Å²) in [6.45, 7) is 5.50. The molecule has 0 spiro atoms. The fourth-order valence-corrected chi connectivity index (χ4v) is 1.86. The molecule has 1 aromatic carbocycles. The van der Waals surface area contributed by atoms with Crippen LogP contribution in [-0.2, 0) is 6.54 Å². The van der Waals surface area contributed by atoms with Gasteiger partial charge in [-0.15, -0.1) is 0 Å². The maximum atomic E-state index is 13.9. The Morgan fingerprint density at radius 1 is 1.42 bits per heavy atom. The normalized spacial score (nSPS) is 12.7. The number of hydrogen-bond donors (Lipinski definition) is 1. The molecule has 0 radical (unpaired) electrons. The van der Waals surface area contributed by atoms with Gasteiger partial charge >= 0.3 is 0 Å². The molecule has 0 fully saturated rings. The van der Waals surface area contributed by atoms with Gasteiger partial charge in [-0.05, 0) is 32.0 Å². The molecule has 104 valence electrons. The number of nitriles is 1. The molecule has 1 atom stereocenters. The van der Waals surface area contributed by atoms with Gasteiger partial charge in [-0.2, -0.15) is 5.26 Å². The topological polar surface area (TPSA) is 53.0 Å². The Kier molecular flexibility index (Phi) is 5.94. The summed E-state index contributed by atoms with van der Waals surface area (Å²) in [4.78, 5) is 2.03. The van der Waals surface area contributed by atoms with E-state index in [9.17, 15) is 4.39 Å². The third-order valence-corrected chi connectivity index (χ3v) is 3.34. The molecule has 1 rings (SSSR count). The summed E-state index contributed by atoms with van der Waals surface area (Å²) < 4.78 is 13.9. The minimum absolute atomic E-state index is 0.102. The van der Waals surface area contributed by atoms with Crippen molar-refractivity contribution < 1.29 is 4.39 Å². The second-order valence-corrected chi connectivity index (χ2v) is 5.32. The first-order valence-electron chi connectivity index (χ1n) is 6.57. The Morgan fingerprint density at radius 3 is 2.68 bits per heavy atom. The summed E-state index contributed by atoms with van der Waals surface area (Å²) in [6, 6.07) is 6.95. The van der Waals surface area contributed by atoms with E-state index in [1.165, 1.54) is 6.07 Å². The van der Waals surface area contributed by atoms with Crippen LogP contribution < -0.4 is 5.73 Å². The van der Waals surface area contributed by atoms with Gasteiger partial charge in [0.1, 0.15) is 11.9 Å². The average molecular weight is 263 g/mol. The molecule has 19 heavy (non-hydrogen) atoms. The van der Waals surface area contributed by atoms with Gasteiger partial charge in [-0.1, -0.05) is 26.0 Å². The maximum Gasteiger partial charge on any atom is 0.145 e. The Balaban J connectivity index is 2.58.